The molecule has 1 unspecified atom stereocenters. The summed E-state index contributed by atoms with van der Waals surface area (Å²) in [5.41, 5.74) is 3.04. The van der Waals surface area contributed by atoms with E-state index < -0.39 is 11.5 Å². The molecule has 1 amide bonds. The molecule has 2 aromatic rings. The van der Waals surface area contributed by atoms with Gasteiger partial charge in [-0.1, -0.05) is 49.4 Å². The van der Waals surface area contributed by atoms with E-state index in [1.54, 1.807) is 4.90 Å². The van der Waals surface area contributed by atoms with Crippen LogP contribution in [0.15, 0.2) is 48.5 Å². The Labute approximate surface area is 163 Å². The molecule has 0 saturated carbocycles. The highest BCUT2D eigenvalue weighted by molar-refractivity contribution is 6.17. The molecule has 0 fully saturated rings. The molecule has 0 N–H and O–H groups in total. The van der Waals surface area contributed by atoms with Gasteiger partial charge in [0.15, 0.2) is 0 Å². The Hall–Kier alpha value is -2.53. The number of esters is 1. The molecule has 0 radical (unpaired) electrons. The topological polar surface area (TPSA) is 55.8 Å². The van der Waals surface area contributed by atoms with E-state index in [4.69, 9.17) is 21.1 Å². The van der Waals surface area contributed by atoms with E-state index in [1.165, 1.54) is 6.92 Å². The first-order valence-electron chi connectivity index (χ1n) is 8.74. The third-order valence-electron chi connectivity index (χ3n) is 4.68. The van der Waals surface area contributed by atoms with E-state index in [1.807, 2.05) is 55.5 Å². The van der Waals surface area contributed by atoms with Gasteiger partial charge >= 0.3 is 12.1 Å². The Kier molecular flexibility index (Phi) is 5.71. The second-order valence-electron chi connectivity index (χ2n) is 6.95. The molecule has 142 valence electrons. The molecule has 1 aliphatic heterocycles. The van der Waals surface area contributed by atoms with Crippen LogP contribution in [0.1, 0.15) is 30.5 Å². The molecule has 2 aromatic carbocycles. The Morgan fingerprint density at radius 1 is 1.11 bits per heavy atom. The first-order valence-corrected chi connectivity index (χ1v) is 9.27. The molecule has 6 heteroatoms. The maximum absolute atomic E-state index is 12.7. The highest BCUT2D eigenvalue weighted by atomic mass is 35.5. The normalized spacial score (nSPS) is 18.1. The Bertz CT molecular complexity index is 839. The number of carbonyl (C=O) groups excluding carboxylic acids is 2. The minimum atomic E-state index is -0.519. The van der Waals surface area contributed by atoms with E-state index >= 15 is 0 Å². The van der Waals surface area contributed by atoms with E-state index in [9.17, 15) is 9.59 Å². The van der Waals surface area contributed by atoms with E-state index in [2.05, 4.69) is 0 Å². The third kappa shape index (κ3) is 4.25. The second-order valence-corrected chi connectivity index (χ2v) is 7.22. The SMILES string of the molecule is CC(=O)OCC1(C)CN(C(=O)OCc2ccccc2)c2ccc(CCl)cc21. The van der Waals surface area contributed by atoms with E-state index in [-0.39, 0.29) is 19.2 Å². The van der Waals surface area contributed by atoms with Crippen molar-refractivity contribution in [1.82, 2.24) is 0 Å². The summed E-state index contributed by atoms with van der Waals surface area (Å²) in [6.07, 6.45) is -0.426. The maximum atomic E-state index is 12.7. The molecular formula is C21H22ClNO4. The first-order chi connectivity index (χ1) is 12.9. The molecule has 27 heavy (non-hydrogen) atoms. The fourth-order valence-electron chi connectivity index (χ4n) is 3.25. The van der Waals surface area contributed by atoms with Gasteiger partial charge in [0.2, 0.25) is 0 Å². The van der Waals surface area contributed by atoms with Gasteiger partial charge < -0.3 is 9.47 Å². The van der Waals surface area contributed by atoms with Crippen molar-refractivity contribution in [3.63, 3.8) is 0 Å². The molecule has 5 nitrogen and oxygen atoms in total. The smallest absolute Gasteiger partial charge is 0.414 e. The number of ether oxygens (including phenoxy) is 2. The predicted molar refractivity (Wildman–Crippen MR) is 104 cm³/mol. The maximum Gasteiger partial charge on any atom is 0.414 e. The number of halogens is 1. The molecule has 1 aliphatic rings. The van der Waals surface area contributed by atoms with Crippen molar-refractivity contribution in [2.24, 2.45) is 0 Å². The van der Waals surface area contributed by atoms with E-state index in [0.29, 0.717) is 12.4 Å². The van der Waals surface area contributed by atoms with Crippen molar-refractivity contribution < 1.29 is 19.1 Å². The van der Waals surface area contributed by atoms with Crippen LogP contribution in [0.3, 0.4) is 0 Å². The molecule has 1 atom stereocenters. The fraction of sp³-hybridized carbons (Fsp3) is 0.333. The number of alkyl halides is 1. The lowest BCUT2D eigenvalue weighted by molar-refractivity contribution is -0.142. The highest BCUT2D eigenvalue weighted by Gasteiger charge is 2.43. The van der Waals surface area contributed by atoms with Crippen molar-refractivity contribution in [3.8, 4) is 0 Å². The van der Waals surface area contributed by atoms with Crippen LogP contribution in [0.5, 0.6) is 0 Å². The minimum Gasteiger partial charge on any atom is -0.465 e. The lowest BCUT2D eigenvalue weighted by atomic mass is 9.85. The van der Waals surface area contributed by atoms with Crippen LogP contribution in [0.25, 0.3) is 0 Å². The van der Waals surface area contributed by atoms with Gasteiger partial charge in [0.25, 0.3) is 0 Å². The largest absolute Gasteiger partial charge is 0.465 e. The average Bonchev–Trinajstić information content (AvgIpc) is 2.98. The zero-order valence-corrected chi connectivity index (χ0v) is 16.2. The van der Waals surface area contributed by atoms with Gasteiger partial charge in [0, 0.05) is 24.8 Å². The van der Waals surface area contributed by atoms with Gasteiger partial charge in [-0.3, -0.25) is 9.69 Å². The summed E-state index contributed by atoms with van der Waals surface area (Å²) in [5, 5.41) is 0. The lowest BCUT2D eigenvalue weighted by Crippen LogP contribution is -2.38. The second kappa shape index (κ2) is 8.01. The zero-order valence-electron chi connectivity index (χ0n) is 15.4. The third-order valence-corrected chi connectivity index (χ3v) is 4.99. The summed E-state index contributed by atoms with van der Waals surface area (Å²) in [4.78, 5) is 25.6. The van der Waals surface area contributed by atoms with Crippen molar-refractivity contribution in [1.29, 1.82) is 0 Å². The number of carbonyl (C=O) groups is 2. The van der Waals surface area contributed by atoms with Gasteiger partial charge in [-0.05, 0) is 22.8 Å². The van der Waals surface area contributed by atoms with Crippen molar-refractivity contribution in [3.05, 3.63) is 65.2 Å². The number of benzene rings is 2. The highest BCUT2D eigenvalue weighted by Crippen LogP contribution is 2.42. The monoisotopic (exact) mass is 387 g/mol. The summed E-state index contributed by atoms with van der Waals surface area (Å²) in [6.45, 7) is 4.10. The molecule has 0 saturated heterocycles. The Morgan fingerprint density at radius 2 is 1.85 bits per heavy atom. The number of anilines is 1. The van der Waals surface area contributed by atoms with Gasteiger partial charge in [-0.25, -0.2) is 4.79 Å². The van der Waals surface area contributed by atoms with Crippen LogP contribution in [0.2, 0.25) is 0 Å². The van der Waals surface area contributed by atoms with Crippen LogP contribution >= 0.6 is 11.6 Å². The number of rotatable bonds is 5. The zero-order chi connectivity index (χ0) is 19.4. The fourth-order valence-corrected chi connectivity index (χ4v) is 3.42. The van der Waals surface area contributed by atoms with Crippen LogP contribution in [0.4, 0.5) is 10.5 Å². The number of nitrogens with zero attached hydrogens (tertiary/aromatic N) is 1. The predicted octanol–water partition coefficient (Wildman–Crippen LogP) is 4.40. The van der Waals surface area contributed by atoms with Gasteiger partial charge in [-0.2, -0.15) is 0 Å². The molecule has 0 spiro atoms. The van der Waals surface area contributed by atoms with Crippen molar-refractivity contribution >= 4 is 29.4 Å². The van der Waals surface area contributed by atoms with Crippen LogP contribution < -0.4 is 4.90 Å². The summed E-state index contributed by atoms with van der Waals surface area (Å²) in [6, 6.07) is 15.3. The Balaban J connectivity index is 1.82. The summed E-state index contributed by atoms with van der Waals surface area (Å²) >= 11 is 5.98. The van der Waals surface area contributed by atoms with E-state index in [0.717, 1.165) is 22.4 Å². The van der Waals surface area contributed by atoms with Gasteiger partial charge in [0.05, 0.1) is 5.69 Å². The van der Waals surface area contributed by atoms with Gasteiger partial charge in [-0.15, -0.1) is 11.6 Å². The van der Waals surface area contributed by atoms with Crippen molar-refractivity contribution in [2.45, 2.75) is 31.7 Å². The number of hydrogen-bond donors (Lipinski definition) is 0. The quantitative estimate of drug-likeness (QED) is 0.563. The average molecular weight is 388 g/mol. The van der Waals surface area contributed by atoms with Crippen LogP contribution in [-0.4, -0.2) is 25.2 Å². The lowest BCUT2D eigenvalue weighted by Gasteiger charge is -2.25. The first kappa shape index (κ1) is 19.2. The molecule has 1 heterocycles. The molecule has 0 aliphatic carbocycles. The minimum absolute atomic E-state index is 0.184. The summed E-state index contributed by atoms with van der Waals surface area (Å²) in [7, 11) is 0. The van der Waals surface area contributed by atoms with Crippen LogP contribution in [-0.2, 0) is 32.2 Å². The number of amides is 1. The summed E-state index contributed by atoms with van der Waals surface area (Å²) < 4.78 is 10.8. The molecule has 0 aromatic heterocycles. The van der Waals surface area contributed by atoms with Gasteiger partial charge in [0.1, 0.15) is 13.2 Å². The molecule has 0 bridgehead atoms. The standard InChI is InChI=1S/C21H22ClNO4/c1-15(24)27-14-21(2)13-23(19-9-8-17(11-22)10-18(19)21)20(25)26-12-16-6-4-3-5-7-16/h3-10H,11-14H2,1-2H3. The van der Waals surface area contributed by atoms with Crippen LogP contribution in [0, 0.1) is 0 Å². The Morgan fingerprint density at radius 3 is 2.52 bits per heavy atom. The summed E-state index contributed by atoms with van der Waals surface area (Å²) in [5.74, 6) is 0.0198. The molecular weight excluding hydrogens is 366 g/mol. The molecule has 3 rings (SSSR count). The number of hydrogen-bond acceptors (Lipinski definition) is 4. The number of fused-ring (bicyclic) bond motifs is 1. The van der Waals surface area contributed by atoms with Crippen molar-refractivity contribution in [2.75, 3.05) is 18.1 Å².